The second-order valence-electron chi connectivity index (χ2n) is 5.67. The van der Waals surface area contributed by atoms with E-state index in [0.717, 1.165) is 9.79 Å². The molecule has 7 nitrogen and oxygen atoms in total. The molecular formula is C18H14BrClN4O3S. The Balaban J connectivity index is 1.63. The summed E-state index contributed by atoms with van der Waals surface area (Å²) in [6.07, 6.45) is 1.61. The van der Waals surface area contributed by atoms with Crippen molar-refractivity contribution in [3.63, 3.8) is 0 Å². The van der Waals surface area contributed by atoms with Crippen molar-refractivity contribution in [1.29, 1.82) is 0 Å². The molecule has 0 aliphatic rings. The molecule has 0 fully saturated rings. The van der Waals surface area contributed by atoms with E-state index < -0.39 is 4.92 Å². The molecule has 1 aromatic heterocycles. The van der Waals surface area contributed by atoms with E-state index in [4.69, 9.17) is 11.6 Å². The smallest absolute Gasteiger partial charge is 0.358 e. The summed E-state index contributed by atoms with van der Waals surface area (Å²) in [4.78, 5) is 24.5. The molecule has 0 saturated heterocycles. The molecule has 10 heteroatoms. The molecule has 0 unspecified atom stereocenters. The number of hydrogen-bond donors (Lipinski definition) is 1. The van der Waals surface area contributed by atoms with E-state index in [1.807, 2.05) is 48.5 Å². The Morgan fingerprint density at radius 1 is 1.25 bits per heavy atom. The third-order valence-electron chi connectivity index (χ3n) is 3.64. The standard InChI is InChI=1S/C18H14BrClN4O3S/c19-14-11-23(22-18(14)24(26)27)10-9-17(25)21-15-3-1-2-4-16(15)28-13-7-5-12(20)6-8-13/h1-8,11H,9-10H2,(H,21,25). The van der Waals surface area contributed by atoms with Crippen LogP contribution < -0.4 is 5.32 Å². The molecule has 28 heavy (non-hydrogen) atoms. The van der Waals surface area contributed by atoms with Crippen LogP contribution in [0.3, 0.4) is 0 Å². The van der Waals surface area contributed by atoms with Crippen molar-refractivity contribution in [3.8, 4) is 0 Å². The lowest BCUT2D eigenvalue weighted by atomic mass is 10.3. The van der Waals surface area contributed by atoms with Gasteiger partial charge in [-0.15, -0.1) is 0 Å². The Morgan fingerprint density at radius 2 is 1.96 bits per heavy atom. The SMILES string of the molecule is O=C(CCn1cc(Br)c([N+](=O)[O-])n1)Nc1ccccc1Sc1ccc(Cl)cc1. The van der Waals surface area contributed by atoms with E-state index in [1.54, 1.807) is 0 Å². The predicted octanol–water partition coefficient (Wildman–Crippen LogP) is 5.39. The van der Waals surface area contributed by atoms with Crippen LogP contribution in [-0.2, 0) is 11.3 Å². The number of nitrogens with one attached hydrogen (secondary N) is 1. The van der Waals surface area contributed by atoms with Crippen molar-refractivity contribution >= 4 is 56.7 Å². The van der Waals surface area contributed by atoms with E-state index in [0.29, 0.717) is 10.7 Å². The van der Waals surface area contributed by atoms with Crippen LogP contribution in [-0.4, -0.2) is 20.6 Å². The normalized spacial score (nSPS) is 10.6. The number of nitro groups is 1. The van der Waals surface area contributed by atoms with Gasteiger partial charge in [-0.05, 0) is 57.3 Å². The first-order valence-corrected chi connectivity index (χ1v) is 10.1. The van der Waals surface area contributed by atoms with Crippen LogP contribution in [0.5, 0.6) is 0 Å². The van der Waals surface area contributed by atoms with Gasteiger partial charge in [0.05, 0.1) is 23.5 Å². The quantitative estimate of drug-likeness (QED) is 0.361. The van der Waals surface area contributed by atoms with Crippen molar-refractivity contribution in [2.24, 2.45) is 0 Å². The molecule has 144 valence electrons. The van der Waals surface area contributed by atoms with Crippen LogP contribution in [0.1, 0.15) is 6.42 Å². The average Bonchev–Trinajstić information content (AvgIpc) is 3.04. The zero-order chi connectivity index (χ0) is 20.1. The average molecular weight is 482 g/mol. The highest BCUT2D eigenvalue weighted by Crippen LogP contribution is 2.34. The maximum Gasteiger partial charge on any atom is 0.404 e. The fourth-order valence-electron chi connectivity index (χ4n) is 2.34. The van der Waals surface area contributed by atoms with E-state index in [1.165, 1.54) is 22.6 Å². The molecule has 1 N–H and O–H groups in total. The van der Waals surface area contributed by atoms with Gasteiger partial charge in [0.2, 0.25) is 5.91 Å². The summed E-state index contributed by atoms with van der Waals surface area (Å²) in [5.41, 5.74) is 0.695. The maximum absolute atomic E-state index is 12.3. The fraction of sp³-hybridized carbons (Fsp3) is 0.111. The largest absolute Gasteiger partial charge is 0.404 e. The van der Waals surface area contributed by atoms with E-state index in [-0.39, 0.29) is 29.2 Å². The van der Waals surface area contributed by atoms with Crippen molar-refractivity contribution in [3.05, 3.63) is 74.3 Å². The van der Waals surface area contributed by atoms with E-state index in [2.05, 4.69) is 26.3 Å². The first-order valence-electron chi connectivity index (χ1n) is 8.12. The number of para-hydroxylation sites is 1. The van der Waals surface area contributed by atoms with Crippen molar-refractivity contribution in [1.82, 2.24) is 9.78 Å². The Labute approximate surface area is 178 Å². The van der Waals surface area contributed by atoms with Gasteiger partial charge in [0, 0.05) is 21.2 Å². The zero-order valence-corrected chi connectivity index (χ0v) is 17.5. The highest BCUT2D eigenvalue weighted by atomic mass is 79.9. The zero-order valence-electron chi connectivity index (χ0n) is 14.3. The van der Waals surface area contributed by atoms with Crippen molar-refractivity contribution in [2.45, 2.75) is 22.8 Å². The molecule has 3 rings (SSSR count). The van der Waals surface area contributed by atoms with Crippen LogP contribution in [0, 0.1) is 10.1 Å². The second-order valence-corrected chi connectivity index (χ2v) is 8.08. The number of hydrogen-bond acceptors (Lipinski definition) is 5. The fourth-order valence-corrected chi connectivity index (χ4v) is 3.83. The maximum atomic E-state index is 12.3. The van der Waals surface area contributed by atoms with Crippen LogP contribution in [0.25, 0.3) is 0 Å². The number of nitrogens with zero attached hydrogens (tertiary/aromatic N) is 3. The lowest BCUT2D eigenvalue weighted by molar-refractivity contribution is -0.390. The minimum Gasteiger partial charge on any atom is -0.358 e. The number of rotatable bonds is 7. The van der Waals surface area contributed by atoms with Gasteiger partial charge in [-0.3, -0.25) is 4.79 Å². The number of anilines is 1. The molecule has 1 amide bonds. The molecular weight excluding hydrogens is 468 g/mol. The minimum atomic E-state index is -0.578. The van der Waals surface area contributed by atoms with Gasteiger partial charge < -0.3 is 15.4 Å². The van der Waals surface area contributed by atoms with Crippen molar-refractivity contribution < 1.29 is 9.72 Å². The van der Waals surface area contributed by atoms with Crippen LogP contribution in [0.4, 0.5) is 11.5 Å². The summed E-state index contributed by atoms with van der Waals surface area (Å²) in [7, 11) is 0. The number of aryl methyl sites for hydroxylation is 1. The van der Waals surface area contributed by atoms with Gasteiger partial charge in [-0.2, -0.15) is 4.68 Å². The van der Waals surface area contributed by atoms with Crippen LogP contribution in [0.2, 0.25) is 5.02 Å². The summed E-state index contributed by atoms with van der Waals surface area (Å²) in [5.74, 6) is -0.483. The highest BCUT2D eigenvalue weighted by Gasteiger charge is 2.19. The Bertz CT molecular complexity index is 1010. The topological polar surface area (TPSA) is 90.1 Å². The minimum absolute atomic E-state index is 0.130. The number of carbonyl (C=O) groups is 1. The molecule has 3 aromatic rings. The summed E-state index contributed by atoms with van der Waals surface area (Å²) in [6, 6.07) is 14.9. The Morgan fingerprint density at radius 3 is 2.64 bits per heavy atom. The number of aromatic nitrogens is 2. The summed E-state index contributed by atoms with van der Waals surface area (Å²) in [6.45, 7) is 0.227. The third-order valence-corrected chi connectivity index (χ3v) is 5.54. The molecule has 0 aliphatic heterocycles. The number of benzene rings is 2. The molecule has 1 heterocycles. The van der Waals surface area contributed by atoms with Gasteiger partial charge in [-0.1, -0.05) is 35.5 Å². The molecule has 0 spiro atoms. The molecule has 2 aromatic carbocycles. The summed E-state index contributed by atoms with van der Waals surface area (Å²) in [5, 5.41) is 18.2. The lowest BCUT2D eigenvalue weighted by Crippen LogP contribution is -2.15. The Kier molecular flexibility index (Phi) is 6.71. The monoisotopic (exact) mass is 480 g/mol. The molecule has 0 atom stereocenters. The molecule has 0 radical (unpaired) electrons. The predicted molar refractivity (Wildman–Crippen MR) is 112 cm³/mol. The van der Waals surface area contributed by atoms with Crippen molar-refractivity contribution in [2.75, 3.05) is 5.32 Å². The van der Waals surface area contributed by atoms with E-state index in [9.17, 15) is 14.9 Å². The summed E-state index contributed by atoms with van der Waals surface area (Å²) >= 11 is 10.5. The third kappa shape index (κ3) is 5.34. The van der Waals surface area contributed by atoms with Gasteiger partial charge in [-0.25, -0.2) is 0 Å². The molecule has 0 aliphatic carbocycles. The number of halogens is 2. The molecule has 0 saturated carbocycles. The number of carbonyl (C=O) groups excluding carboxylic acids is 1. The molecule has 0 bridgehead atoms. The first-order chi connectivity index (χ1) is 13.4. The van der Waals surface area contributed by atoms with Crippen LogP contribution >= 0.6 is 39.3 Å². The van der Waals surface area contributed by atoms with Gasteiger partial charge in [0.15, 0.2) is 0 Å². The van der Waals surface area contributed by atoms with Gasteiger partial charge in [0.25, 0.3) is 0 Å². The van der Waals surface area contributed by atoms with E-state index >= 15 is 0 Å². The van der Waals surface area contributed by atoms with Crippen LogP contribution in [0.15, 0.2) is 69.0 Å². The highest BCUT2D eigenvalue weighted by molar-refractivity contribution is 9.10. The number of amides is 1. The Hall–Kier alpha value is -2.36. The first kappa shape index (κ1) is 20.4. The summed E-state index contributed by atoms with van der Waals surface area (Å²) < 4.78 is 1.65. The van der Waals surface area contributed by atoms with Gasteiger partial charge >= 0.3 is 5.82 Å². The van der Waals surface area contributed by atoms with Gasteiger partial charge in [0.1, 0.15) is 4.47 Å². The lowest BCUT2D eigenvalue weighted by Gasteiger charge is -2.10. The second kappa shape index (κ2) is 9.22.